The highest BCUT2D eigenvalue weighted by Gasteiger charge is 2.06. The number of benzene rings is 2. The molecule has 0 saturated carbocycles. The van der Waals surface area contributed by atoms with Gasteiger partial charge >= 0.3 is 5.97 Å². The number of carbonyl (C=O) groups is 1. The Labute approximate surface area is 164 Å². The van der Waals surface area contributed by atoms with Crippen molar-refractivity contribution < 1.29 is 28.5 Å². The Morgan fingerprint density at radius 1 is 0.857 bits per heavy atom. The van der Waals surface area contributed by atoms with Gasteiger partial charge in [0, 0.05) is 20.3 Å². The number of hydrogen-bond acceptors (Lipinski definition) is 6. The predicted molar refractivity (Wildman–Crippen MR) is 107 cm³/mol. The summed E-state index contributed by atoms with van der Waals surface area (Å²) in [4.78, 5) is 11.9. The Kier molecular flexibility index (Phi) is 9.34. The Morgan fingerprint density at radius 3 is 2.29 bits per heavy atom. The Bertz CT molecular complexity index is 783. The van der Waals surface area contributed by atoms with E-state index in [0.717, 1.165) is 11.1 Å². The Hall–Kier alpha value is -3.09. The topological polar surface area (TPSA) is 63.2 Å². The molecule has 2 rings (SSSR count). The van der Waals surface area contributed by atoms with E-state index in [1.807, 2.05) is 36.4 Å². The van der Waals surface area contributed by atoms with Crippen LogP contribution < -0.4 is 9.47 Å². The molecule has 0 aliphatic carbocycles. The molecule has 0 aromatic heterocycles. The molecular formula is C22H24O6. The van der Waals surface area contributed by atoms with Crippen molar-refractivity contribution in [2.75, 3.05) is 34.4 Å². The van der Waals surface area contributed by atoms with Crippen LogP contribution in [0.4, 0.5) is 0 Å². The molecule has 0 radical (unpaired) electrons. The van der Waals surface area contributed by atoms with Gasteiger partial charge in [0.2, 0.25) is 0 Å². The van der Waals surface area contributed by atoms with Crippen molar-refractivity contribution in [3.63, 3.8) is 0 Å². The largest absolute Gasteiger partial charge is 0.464 e. The van der Waals surface area contributed by atoms with E-state index in [-0.39, 0.29) is 20.2 Å². The third kappa shape index (κ3) is 7.65. The SMILES string of the molecule is COCOc1ccc(/C=C/C(=O)OC/C=C/c2ccccc2)cc1OCOC. The van der Waals surface area contributed by atoms with E-state index < -0.39 is 5.97 Å². The summed E-state index contributed by atoms with van der Waals surface area (Å²) < 4.78 is 25.9. The van der Waals surface area contributed by atoms with Crippen LogP contribution in [0.15, 0.2) is 60.7 Å². The normalized spacial score (nSPS) is 11.1. The molecule has 0 unspecified atom stereocenters. The van der Waals surface area contributed by atoms with E-state index in [4.69, 9.17) is 23.7 Å². The van der Waals surface area contributed by atoms with Gasteiger partial charge in [-0.2, -0.15) is 0 Å². The second kappa shape index (κ2) is 12.3. The maximum absolute atomic E-state index is 11.9. The van der Waals surface area contributed by atoms with Gasteiger partial charge in [0.15, 0.2) is 25.1 Å². The van der Waals surface area contributed by atoms with Gasteiger partial charge < -0.3 is 23.7 Å². The highest BCUT2D eigenvalue weighted by atomic mass is 16.7. The van der Waals surface area contributed by atoms with Crippen molar-refractivity contribution in [1.29, 1.82) is 0 Å². The lowest BCUT2D eigenvalue weighted by Crippen LogP contribution is -2.04. The molecule has 0 heterocycles. The number of hydrogen-bond donors (Lipinski definition) is 0. The molecule has 0 aliphatic rings. The summed E-state index contributed by atoms with van der Waals surface area (Å²) in [6.07, 6.45) is 6.69. The smallest absolute Gasteiger partial charge is 0.331 e. The van der Waals surface area contributed by atoms with E-state index in [1.54, 1.807) is 30.4 Å². The molecule has 0 spiro atoms. The molecule has 2 aromatic carbocycles. The molecular weight excluding hydrogens is 360 g/mol. The van der Waals surface area contributed by atoms with Crippen LogP contribution in [0.5, 0.6) is 11.5 Å². The lowest BCUT2D eigenvalue weighted by molar-refractivity contribution is -0.136. The van der Waals surface area contributed by atoms with Crippen molar-refractivity contribution in [3.05, 3.63) is 71.8 Å². The van der Waals surface area contributed by atoms with E-state index in [9.17, 15) is 4.79 Å². The average Bonchev–Trinajstić information content (AvgIpc) is 2.73. The molecule has 0 aliphatic heterocycles. The van der Waals surface area contributed by atoms with Crippen LogP contribution in [0, 0.1) is 0 Å². The molecule has 0 atom stereocenters. The zero-order valence-corrected chi connectivity index (χ0v) is 16.0. The van der Waals surface area contributed by atoms with Crippen LogP contribution in [0.1, 0.15) is 11.1 Å². The summed E-state index contributed by atoms with van der Waals surface area (Å²) in [5.74, 6) is 0.571. The molecule has 2 aromatic rings. The van der Waals surface area contributed by atoms with Gasteiger partial charge in [-0.05, 0) is 35.4 Å². The van der Waals surface area contributed by atoms with E-state index in [2.05, 4.69) is 0 Å². The van der Waals surface area contributed by atoms with Gasteiger partial charge in [0.05, 0.1) is 0 Å². The summed E-state index contributed by atoms with van der Waals surface area (Å²) in [5, 5.41) is 0. The van der Waals surface area contributed by atoms with Gasteiger partial charge in [-0.3, -0.25) is 0 Å². The number of ether oxygens (including phenoxy) is 5. The molecule has 28 heavy (non-hydrogen) atoms. The number of methoxy groups -OCH3 is 2. The lowest BCUT2D eigenvalue weighted by atomic mass is 10.2. The fourth-order valence-electron chi connectivity index (χ4n) is 2.20. The first-order chi connectivity index (χ1) is 13.7. The lowest BCUT2D eigenvalue weighted by Gasteiger charge is -2.12. The van der Waals surface area contributed by atoms with E-state index in [0.29, 0.717) is 11.5 Å². The number of carbonyl (C=O) groups excluding carboxylic acids is 1. The summed E-state index contributed by atoms with van der Waals surface area (Å²) in [6.45, 7) is 0.373. The first-order valence-corrected chi connectivity index (χ1v) is 8.67. The second-order valence-corrected chi connectivity index (χ2v) is 5.58. The zero-order chi connectivity index (χ0) is 20.0. The van der Waals surface area contributed by atoms with Crippen molar-refractivity contribution in [2.24, 2.45) is 0 Å². The fourth-order valence-corrected chi connectivity index (χ4v) is 2.20. The van der Waals surface area contributed by atoms with Gasteiger partial charge in [0.25, 0.3) is 0 Å². The minimum absolute atomic E-state index is 0.0757. The highest BCUT2D eigenvalue weighted by Crippen LogP contribution is 2.29. The molecule has 6 nitrogen and oxygen atoms in total. The first kappa shape index (κ1) is 21.2. The minimum Gasteiger partial charge on any atom is -0.464 e. The maximum atomic E-state index is 11.9. The van der Waals surface area contributed by atoms with Crippen LogP contribution in [-0.4, -0.2) is 40.4 Å². The molecule has 0 bridgehead atoms. The first-order valence-electron chi connectivity index (χ1n) is 8.67. The Morgan fingerprint density at radius 2 is 1.57 bits per heavy atom. The van der Waals surface area contributed by atoms with E-state index >= 15 is 0 Å². The minimum atomic E-state index is -0.434. The van der Waals surface area contributed by atoms with Crippen LogP contribution in [0.3, 0.4) is 0 Å². The quantitative estimate of drug-likeness (QED) is 0.332. The Balaban J connectivity index is 1.90. The molecule has 0 fully saturated rings. The second-order valence-electron chi connectivity index (χ2n) is 5.58. The number of esters is 1. The van der Waals surface area contributed by atoms with Crippen LogP contribution in [0.25, 0.3) is 12.2 Å². The van der Waals surface area contributed by atoms with Gasteiger partial charge in [-0.15, -0.1) is 0 Å². The molecule has 148 valence electrons. The highest BCUT2D eigenvalue weighted by molar-refractivity contribution is 5.87. The van der Waals surface area contributed by atoms with Crippen LogP contribution in [0.2, 0.25) is 0 Å². The monoisotopic (exact) mass is 384 g/mol. The third-order valence-corrected chi connectivity index (χ3v) is 3.48. The predicted octanol–water partition coefficient (Wildman–Crippen LogP) is 3.92. The van der Waals surface area contributed by atoms with E-state index in [1.165, 1.54) is 20.3 Å². The van der Waals surface area contributed by atoms with Gasteiger partial charge in [0.1, 0.15) is 6.61 Å². The third-order valence-electron chi connectivity index (χ3n) is 3.48. The molecule has 0 amide bonds. The number of rotatable bonds is 11. The van der Waals surface area contributed by atoms with Crippen molar-refractivity contribution in [2.45, 2.75) is 0 Å². The van der Waals surface area contributed by atoms with Crippen molar-refractivity contribution >= 4 is 18.1 Å². The van der Waals surface area contributed by atoms with Crippen LogP contribution >= 0.6 is 0 Å². The maximum Gasteiger partial charge on any atom is 0.331 e. The average molecular weight is 384 g/mol. The fraction of sp³-hybridized carbons (Fsp3) is 0.227. The summed E-state index contributed by atoms with van der Waals surface area (Å²) in [7, 11) is 3.06. The molecule has 0 saturated heterocycles. The zero-order valence-electron chi connectivity index (χ0n) is 16.0. The summed E-state index contributed by atoms with van der Waals surface area (Å²) >= 11 is 0. The van der Waals surface area contributed by atoms with Crippen molar-refractivity contribution in [3.8, 4) is 11.5 Å². The summed E-state index contributed by atoms with van der Waals surface area (Å²) in [6, 6.07) is 15.1. The summed E-state index contributed by atoms with van der Waals surface area (Å²) in [5.41, 5.74) is 1.81. The molecule has 0 N–H and O–H groups in total. The standard InChI is InChI=1S/C22H24O6/c1-24-16-27-20-12-10-19(15-21(20)28-17-25-2)11-13-22(23)26-14-6-9-18-7-4-3-5-8-18/h3-13,15H,14,16-17H2,1-2H3/b9-6+,13-11+. The molecule has 6 heteroatoms. The van der Waals surface area contributed by atoms with Gasteiger partial charge in [-0.25, -0.2) is 4.79 Å². The van der Waals surface area contributed by atoms with Crippen molar-refractivity contribution in [1.82, 2.24) is 0 Å². The van der Waals surface area contributed by atoms with Gasteiger partial charge in [-0.1, -0.05) is 42.5 Å². The van der Waals surface area contributed by atoms with Crippen LogP contribution in [-0.2, 0) is 19.0 Å².